The van der Waals surface area contributed by atoms with Gasteiger partial charge < -0.3 is 15.2 Å². The summed E-state index contributed by atoms with van der Waals surface area (Å²) in [4.78, 5) is 26.7. The van der Waals surface area contributed by atoms with E-state index in [0.717, 1.165) is 43.2 Å². The van der Waals surface area contributed by atoms with Crippen molar-refractivity contribution >= 4 is 28.5 Å². The first-order valence-electron chi connectivity index (χ1n) is 14.0. The Hall–Kier alpha value is -3.41. The quantitative estimate of drug-likeness (QED) is 0.316. The molecule has 38 heavy (non-hydrogen) atoms. The molecule has 2 aliphatic rings. The molecule has 0 saturated heterocycles. The second-order valence-electron chi connectivity index (χ2n) is 10.6. The lowest BCUT2D eigenvalue weighted by Gasteiger charge is -2.26. The van der Waals surface area contributed by atoms with Gasteiger partial charge in [0, 0.05) is 18.7 Å². The molecule has 1 unspecified atom stereocenters. The summed E-state index contributed by atoms with van der Waals surface area (Å²) in [6, 6.07) is 19.0. The number of hydrogen-bond acceptors (Lipinski definition) is 5. The molecule has 0 spiro atoms. The van der Waals surface area contributed by atoms with Crippen LogP contribution in [0.1, 0.15) is 80.5 Å². The van der Waals surface area contributed by atoms with Gasteiger partial charge in [0.1, 0.15) is 5.82 Å². The zero-order chi connectivity index (χ0) is 26.7. The number of aliphatic carboxylic acids is 1. The fourth-order valence-electron chi connectivity index (χ4n) is 5.65. The average Bonchev–Trinajstić information content (AvgIpc) is 2.96. The van der Waals surface area contributed by atoms with E-state index >= 15 is 0 Å². The molecule has 1 saturated carbocycles. The molecule has 1 atom stereocenters. The van der Waals surface area contributed by atoms with E-state index in [0.29, 0.717) is 12.8 Å². The van der Waals surface area contributed by atoms with Crippen molar-refractivity contribution in [2.24, 2.45) is 5.92 Å². The summed E-state index contributed by atoms with van der Waals surface area (Å²) in [6.45, 7) is 0.961. The van der Waals surface area contributed by atoms with Crippen molar-refractivity contribution in [3.05, 3.63) is 71.4 Å². The number of aromatic nitrogens is 1. The molecule has 5 rings (SSSR count). The normalized spacial score (nSPS) is 15.9. The highest BCUT2D eigenvalue weighted by Gasteiger charge is 2.23. The fourth-order valence-corrected chi connectivity index (χ4v) is 5.65. The molecule has 1 aliphatic carbocycles. The Morgan fingerprint density at radius 2 is 1.82 bits per heavy atom. The summed E-state index contributed by atoms with van der Waals surface area (Å²) in [5, 5.41) is 14.3. The van der Waals surface area contributed by atoms with Gasteiger partial charge in [-0.3, -0.25) is 9.59 Å². The molecule has 1 aliphatic heterocycles. The second kappa shape index (κ2) is 13.9. The Balaban J connectivity index is 0.000000194. The highest BCUT2D eigenvalue weighted by molar-refractivity contribution is 5.83. The fraction of sp³-hybridized carbons (Fsp3) is 0.469. The third kappa shape index (κ3) is 8.04. The second-order valence-corrected chi connectivity index (χ2v) is 10.6. The zero-order valence-electron chi connectivity index (χ0n) is 22.5. The monoisotopic (exact) mass is 516 g/mol. The topological polar surface area (TPSA) is 88.5 Å². The number of carbonyl (C=O) groups is 2. The molecule has 1 fully saturated rings. The number of nitrogens with one attached hydrogen (secondary N) is 1. The van der Waals surface area contributed by atoms with Gasteiger partial charge in [-0.1, -0.05) is 80.6 Å². The number of ether oxygens (including phenoxy) is 1. The minimum Gasteiger partial charge on any atom is -0.481 e. The van der Waals surface area contributed by atoms with Gasteiger partial charge in [-0.2, -0.15) is 0 Å². The van der Waals surface area contributed by atoms with Crippen LogP contribution in [0.3, 0.4) is 0 Å². The number of fused-ring (bicyclic) bond motifs is 2. The molecule has 1 aromatic heterocycles. The number of rotatable bonds is 8. The summed E-state index contributed by atoms with van der Waals surface area (Å²) in [6.07, 6.45) is 11.1. The van der Waals surface area contributed by atoms with E-state index in [1.807, 2.05) is 12.1 Å². The Morgan fingerprint density at radius 3 is 2.58 bits per heavy atom. The summed E-state index contributed by atoms with van der Waals surface area (Å²) >= 11 is 0. The van der Waals surface area contributed by atoms with Crippen LogP contribution in [0.25, 0.3) is 10.8 Å². The minimum absolute atomic E-state index is 0.0982. The summed E-state index contributed by atoms with van der Waals surface area (Å²) in [5.41, 5.74) is 3.37. The molecule has 0 amide bonds. The van der Waals surface area contributed by atoms with Crippen molar-refractivity contribution in [1.82, 2.24) is 4.98 Å². The van der Waals surface area contributed by atoms with Crippen LogP contribution in [0.2, 0.25) is 0 Å². The number of pyridine rings is 1. The lowest BCUT2D eigenvalue weighted by molar-refractivity contribution is -0.141. The molecular formula is C32H40N2O4. The zero-order valence-corrected chi connectivity index (χ0v) is 22.5. The molecule has 2 heterocycles. The Bertz CT molecular complexity index is 1220. The van der Waals surface area contributed by atoms with Crippen LogP contribution in [0.4, 0.5) is 5.82 Å². The molecule has 0 radical (unpaired) electrons. The Morgan fingerprint density at radius 1 is 1.03 bits per heavy atom. The van der Waals surface area contributed by atoms with Gasteiger partial charge in [-0.25, -0.2) is 4.98 Å². The molecule has 2 N–H and O–H groups in total. The number of anilines is 1. The van der Waals surface area contributed by atoms with E-state index in [2.05, 4.69) is 52.8 Å². The standard InChI is InChI=1S/C21H26O2.C11H14N2O2/c1-23-21(22)15-20(13-16-7-3-2-4-8-16)19-12-11-17-9-5-6-10-18(17)14-19;14-10(15)6-5-9-4-3-8-2-1-7-12-11(8)13-9/h5-6,9-12,14,16,20H,2-4,7-8,13,15H2,1H3;3-4H,1-2,5-7H2,(H,12,13)(H,14,15). The number of hydrogen-bond donors (Lipinski definition) is 2. The third-order valence-electron chi connectivity index (χ3n) is 7.78. The van der Waals surface area contributed by atoms with E-state index in [9.17, 15) is 9.59 Å². The lowest BCUT2D eigenvalue weighted by Crippen LogP contribution is -2.15. The predicted molar refractivity (Wildman–Crippen MR) is 152 cm³/mol. The lowest BCUT2D eigenvalue weighted by atomic mass is 9.79. The van der Waals surface area contributed by atoms with E-state index < -0.39 is 5.97 Å². The third-order valence-corrected chi connectivity index (χ3v) is 7.78. The summed E-state index contributed by atoms with van der Waals surface area (Å²) < 4.78 is 4.94. The maximum absolute atomic E-state index is 11.9. The average molecular weight is 517 g/mol. The number of esters is 1. The molecule has 0 bridgehead atoms. The summed E-state index contributed by atoms with van der Waals surface area (Å²) in [7, 11) is 1.49. The first kappa shape index (κ1) is 27.6. The van der Waals surface area contributed by atoms with Crippen molar-refractivity contribution in [2.45, 2.75) is 76.5 Å². The number of aryl methyl sites for hydroxylation is 2. The Labute approximate surface area is 225 Å². The van der Waals surface area contributed by atoms with Crippen LogP contribution < -0.4 is 5.32 Å². The molecular weight excluding hydrogens is 476 g/mol. The number of carboxylic acid groups (broad SMARTS) is 1. The maximum atomic E-state index is 11.9. The highest BCUT2D eigenvalue weighted by atomic mass is 16.5. The van der Waals surface area contributed by atoms with Gasteiger partial charge in [0.05, 0.1) is 20.0 Å². The number of benzene rings is 2. The van der Waals surface area contributed by atoms with Crippen molar-refractivity contribution < 1.29 is 19.4 Å². The Kier molecular flexibility index (Phi) is 10.1. The van der Waals surface area contributed by atoms with Gasteiger partial charge in [0.25, 0.3) is 0 Å². The summed E-state index contributed by atoms with van der Waals surface area (Å²) in [5.74, 6) is 1.09. The predicted octanol–water partition coefficient (Wildman–Crippen LogP) is 6.91. The largest absolute Gasteiger partial charge is 0.481 e. The van der Waals surface area contributed by atoms with Crippen LogP contribution in [0.15, 0.2) is 54.6 Å². The van der Waals surface area contributed by atoms with Crippen molar-refractivity contribution in [1.29, 1.82) is 0 Å². The SMILES string of the molecule is COC(=O)CC(CC1CCCCC1)c1ccc2ccccc2c1.O=C(O)CCc1ccc2c(n1)NCCC2. The number of nitrogens with zero attached hydrogens (tertiary/aromatic N) is 1. The van der Waals surface area contributed by atoms with E-state index in [-0.39, 0.29) is 18.3 Å². The number of carboxylic acids is 1. The number of methoxy groups -OCH3 is 1. The van der Waals surface area contributed by atoms with Crippen LogP contribution in [-0.2, 0) is 27.2 Å². The van der Waals surface area contributed by atoms with Crippen molar-refractivity contribution in [3.8, 4) is 0 Å². The van der Waals surface area contributed by atoms with Gasteiger partial charge in [0.2, 0.25) is 0 Å². The van der Waals surface area contributed by atoms with Crippen molar-refractivity contribution in [3.63, 3.8) is 0 Å². The van der Waals surface area contributed by atoms with E-state index in [1.165, 1.54) is 61.1 Å². The van der Waals surface area contributed by atoms with Crippen LogP contribution in [0, 0.1) is 5.92 Å². The van der Waals surface area contributed by atoms with E-state index in [4.69, 9.17) is 9.84 Å². The van der Waals surface area contributed by atoms with Gasteiger partial charge in [0.15, 0.2) is 0 Å². The molecule has 202 valence electrons. The molecule has 2 aromatic carbocycles. The molecule has 6 nitrogen and oxygen atoms in total. The van der Waals surface area contributed by atoms with Gasteiger partial charge in [-0.15, -0.1) is 0 Å². The molecule has 3 aromatic rings. The molecule has 6 heteroatoms. The highest BCUT2D eigenvalue weighted by Crippen LogP contribution is 2.36. The number of carbonyl (C=O) groups excluding carboxylic acids is 1. The minimum atomic E-state index is -0.775. The van der Waals surface area contributed by atoms with Crippen molar-refractivity contribution in [2.75, 3.05) is 19.0 Å². The van der Waals surface area contributed by atoms with Crippen LogP contribution >= 0.6 is 0 Å². The first-order valence-corrected chi connectivity index (χ1v) is 14.0. The smallest absolute Gasteiger partial charge is 0.306 e. The van der Waals surface area contributed by atoms with E-state index in [1.54, 1.807) is 0 Å². The van der Waals surface area contributed by atoms with Crippen LogP contribution in [0.5, 0.6) is 0 Å². The van der Waals surface area contributed by atoms with Crippen LogP contribution in [-0.4, -0.2) is 35.7 Å². The van der Waals surface area contributed by atoms with Gasteiger partial charge >= 0.3 is 11.9 Å². The van der Waals surface area contributed by atoms with Gasteiger partial charge in [-0.05, 0) is 59.1 Å². The first-order chi connectivity index (χ1) is 18.5. The maximum Gasteiger partial charge on any atom is 0.306 e.